The fourth-order valence-corrected chi connectivity index (χ4v) is 7.11. The van der Waals surface area contributed by atoms with E-state index in [0.717, 1.165) is 49.4 Å². The second kappa shape index (κ2) is 8.84. The van der Waals surface area contributed by atoms with E-state index in [9.17, 15) is 9.18 Å². The molecule has 3 N–H and O–H groups in total. The predicted molar refractivity (Wildman–Crippen MR) is 132 cm³/mol. The second-order valence-electron chi connectivity index (χ2n) is 11.1. The highest BCUT2D eigenvalue weighted by Gasteiger charge is 2.50. The number of carbonyl (C=O) groups excluding carboxylic acids is 1. The molecule has 7 nitrogen and oxygen atoms in total. The molecule has 4 heterocycles. The van der Waals surface area contributed by atoms with Crippen LogP contribution in [-0.2, 0) is 0 Å². The zero-order chi connectivity index (χ0) is 24.3. The van der Waals surface area contributed by atoms with Crippen molar-refractivity contribution in [1.82, 2.24) is 31.0 Å². The number of halogens is 1. The summed E-state index contributed by atoms with van der Waals surface area (Å²) >= 11 is 0. The number of nitrogens with one attached hydrogen (secondary N) is 3. The van der Waals surface area contributed by atoms with Crippen LogP contribution in [0.25, 0.3) is 0 Å². The first-order valence-corrected chi connectivity index (χ1v) is 12.8. The Morgan fingerprint density at radius 2 is 1.69 bits per heavy atom. The van der Waals surface area contributed by atoms with Crippen LogP contribution in [0.15, 0.2) is 36.4 Å². The van der Waals surface area contributed by atoms with E-state index in [0.29, 0.717) is 17.9 Å². The van der Waals surface area contributed by atoms with Crippen LogP contribution in [0.1, 0.15) is 47.3 Å². The van der Waals surface area contributed by atoms with E-state index in [1.807, 2.05) is 12.1 Å². The van der Waals surface area contributed by atoms with Gasteiger partial charge in [-0.25, -0.2) is 14.6 Å². The standard InChI is InChI=1S/C27H35FN6O/c1-15-8-18(9-16(2)29-15)26-21-10-19-12-34(27(35)30-23(19)11-24(21)31-32-26)25-14-33(3)13-22(25)17-4-6-20(28)7-5-17/h4-9,19,21-26,31-32H,10-14H2,1-3H3,(H,30,35)/t19?,21?,22-,23?,24?,25+,26?/m0/s1. The number of aromatic nitrogens is 1. The molecule has 6 rings (SSSR count). The number of pyridine rings is 1. The first kappa shape index (κ1) is 22.9. The average molecular weight is 479 g/mol. The summed E-state index contributed by atoms with van der Waals surface area (Å²) in [5.41, 5.74) is 11.6. The number of hydrogen-bond acceptors (Lipinski definition) is 5. The predicted octanol–water partition coefficient (Wildman–Crippen LogP) is 2.87. The van der Waals surface area contributed by atoms with Gasteiger partial charge in [0.1, 0.15) is 5.82 Å². The Balaban J connectivity index is 1.22. The minimum Gasteiger partial charge on any atom is -0.335 e. The van der Waals surface area contributed by atoms with Crippen molar-refractivity contribution < 1.29 is 9.18 Å². The number of likely N-dealkylation sites (tertiary alicyclic amines) is 1. The summed E-state index contributed by atoms with van der Waals surface area (Å²) in [5.74, 6) is 0.833. The molecule has 35 heavy (non-hydrogen) atoms. The van der Waals surface area contributed by atoms with Gasteiger partial charge in [0.25, 0.3) is 0 Å². The summed E-state index contributed by atoms with van der Waals surface area (Å²) in [6.07, 6.45) is 1.99. The lowest BCUT2D eigenvalue weighted by Gasteiger charge is -2.48. The summed E-state index contributed by atoms with van der Waals surface area (Å²) < 4.78 is 13.6. The molecule has 4 aliphatic rings. The zero-order valence-electron chi connectivity index (χ0n) is 20.7. The van der Waals surface area contributed by atoms with E-state index in [2.05, 4.69) is 64.0 Å². The van der Waals surface area contributed by atoms with Gasteiger partial charge in [0.2, 0.25) is 0 Å². The number of hydrazine groups is 1. The van der Waals surface area contributed by atoms with Crippen LogP contribution in [0.5, 0.6) is 0 Å². The molecule has 5 unspecified atom stereocenters. The molecule has 0 radical (unpaired) electrons. The van der Waals surface area contributed by atoms with Crippen molar-refractivity contribution in [2.75, 3.05) is 26.7 Å². The van der Waals surface area contributed by atoms with Gasteiger partial charge in [-0.1, -0.05) is 12.1 Å². The Bertz CT molecular complexity index is 1090. The lowest BCUT2D eigenvalue weighted by Crippen LogP contribution is -2.63. The third kappa shape index (κ3) is 4.21. The molecule has 186 valence electrons. The number of rotatable bonds is 3. The number of fused-ring (bicyclic) bond motifs is 2. The molecule has 1 saturated carbocycles. The van der Waals surface area contributed by atoms with Crippen LogP contribution in [0.4, 0.5) is 9.18 Å². The highest BCUT2D eigenvalue weighted by molar-refractivity contribution is 5.76. The number of carbonyl (C=O) groups is 1. The van der Waals surface area contributed by atoms with E-state index in [1.54, 1.807) is 0 Å². The van der Waals surface area contributed by atoms with Crippen molar-refractivity contribution in [2.45, 2.75) is 56.8 Å². The summed E-state index contributed by atoms with van der Waals surface area (Å²) in [6, 6.07) is 12.1. The van der Waals surface area contributed by atoms with Gasteiger partial charge in [0, 0.05) is 49.0 Å². The Morgan fingerprint density at radius 1 is 0.943 bits per heavy atom. The second-order valence-corrected chi connectivity index (χ2v) is 11.1. The molecular weight excluding hydrogens is 443 g/mol. The first-order valence-electron chi connectivity index (χ1n) is 12.8. The smallest absolute Gasteiger partial charge is 0.317 e. The molecule has 0 bridgehead atoms. The summed E-state index contributed by atoms with van der Waals surface area (Å²) in [5, 5.41) is 3.36. The van der Waals surface area contributed by atoms with Gasteiger partial charge in [0.05, 0.1) is 12.1 Å². The molecule has 2 amide bonds. The van der Waals surface area contributed by atoms with E-state index >= 15 is 0 Å². The summed E-state index contributed by atoms with van der Waals surface area (Å²) in [6.45, 7) is 6.59. The number of aryl methyl sites for hydroxylation is 2. The quantitative estimate of drug-likeness (QED) is 0.633. The maximum absolute atomic E-state index is 13.6. The Morgan fingerprint density at radius 3 is 2.43 bits per heavy atom. The first-order chi connectivity index (χ1) is 16.9. The molecule has 8 heteroatoms. The molecule has 3 saturated heterocycles. The van der Waals surface area contributed by atoms with E-state index < -0.39 is 0 Å². The van der Waals surface area contributed by atoms with Crippen LogP contribution in [0.3, 0.4) is 0 Å². The van der Waals surface area contributed by atoms with Crippen LogP contribution in [0.2, 0.25) is 0 Å². The minimum atomic E-state index is -0.222. The lowest BCUT2D eigenvalue weighted by atomic mass is 9.71. The summed E-state index contributed by atoms with van der Waals surface area (Å²) in [7, 11) is 2.10. The summed E-state index contributed by atoms with van der Waals surface area (Å²) in [4.78, 5) is 22.2. The molecule has 1 aromatic carbocycles. The average Bonchev–Trinajstić information content (AvgIpc) is 3.40. The molecule has 0 spiro atoms. The van der Waals surface area contributed by atoms with Crippen LogP contribution >= 0.6 is 0 Å². The molecular formula is C27H35FN6O. The number of amides is 2. The van der Waals surface area contributed by atoms with Gasteiger partial charge < -0.3 is 15.1 Å². The number of likely N-dealkylation sites (N-methyl/N-ethyl adjacent to an activating group) is 1. The topological polar surface area (TPSA) is 72.5 Å². The van der Waals surface area contributed by atoms with Gasteiger partial charge in [0.15, 0.2) is 0 Å². The van der Waals surface area contributed by atoms with Crippen LogP contribution in [0, 0.1) is 31.5 Å². The number of nitrogens with zero attached hydrogens (tertiary/aromatic N) is 3. The molecule has 7 atom stereocenters. The van der Waals surface area contributed by atoms with Crippen molar-refractivity contribution in [1.29, 1.82) is 0 Å². The van der Waals surface area contributed by atoms with E-state index in [1.165, 1.54) is 17.7 Å². The maximum Gasteiger partial charge on any atom is 0.317 e. The molecule has 1 aromatic heterocycles. The van der Waals surface area contributed by atoms with Crippen molar-refractivity contribution in [3.8, 4) is 0 Å². The van der Waals surface area contributed by atoms with Gasteiger partial charge in [-0.3, -0.25) is 10.4 Å². The van der Waals surface area contributed by atoms with Crippen LogP contribution in [-0.4, -0.2) is 65.6 Å². The highest BCUT2D eigenvalue weighted by atomic mass is 19.1. The van der Waals surface area contributed by atoms with Gasteiger partial charge in [-0.05, 0) is 81.0 Å². The Hall–Kier alpha value is -2.55. The Kier molecular flexibility index (Phi) is 5.78. The zero-order valence-corrected chi connectivity index (χ0v) is 20.7. The van der Waals surface area contributed by atoms with Gasteiger partial charge in [-0.15, -0.1) is 0 Å². The van der Waals surface area contributed by atoms with Crippen molar-refractivity contribution in [3.05, 3.63) is 64.7 Å². The molecule has 1 aliphatic carbocycles. The molecule has 4 fully saturated rings. The fourth-order valence-electron chi connectivity index (χ4n) is 7.11. The van der Waals surface area contributed by atoms with E-state index in [4.69, 9.17) is 0 Å². The maximum atomic E-state index is 13.6. The largest absolute Gasteiger partial charge is 0.335 e. The highest BCUT2D eigenvalue weighted by Crippen LogP contribution is 2.43. The fraction of sp³-hybridized carbons (Fsp3) is 0.556. The number of urea groups is 1. The van der Waals surface area contributed by atoms with Gasteiger partial charge >= 0.3 is 6.03 Å². The normalized spacial score (nSPS) is 35.0. The van der Waals surface area contributed by atoms with Gasteiger partial charge in [-0.2, -0.15) is 0 Å². The molecule has 3 aliphatic heterocycles. The Labute approximate surface area is 206 Å². The van der Waals surface area contributed by atoms with Crippen molar-refractivity contribution in [3.63, 3.8) is 0 Å². The molecule has 2 aromatic rings. The SMILES string of the molecule is Cc1cc(C2NNC3CC4NC(=O)N([C@@H]5CN(C)C[C@H]5c5ccc(F)cc5)CC4CC32)cc(C)n1. The number of hydrogen-bond donors (Lipinski definition) is 3. The van der Waals surface area contributed by atoms with Crippen molar-refractivity contribution >= 4 is 6.03 Å². The monoisotopic (exact) mass is 478 g/mol. The third-order valence-electron chi connectivity index (χ3n) is 8.65. The van der Waals surface area contributed by atoms with Crippen LogP contribution < -0.4 is 16.2 Å². The van der Waals surface area contributed by atoms with Crippen molar-refractivity contribution in [2.24, 2.45) is 11.8 Å². The minimum absolute atomic E-state index is 0.0417. The lowest BCUT2D eigenvalue weighted by molar-refractivity contribution is 0.0790. The van der Waals surface area contributed by atoms with E-state index in [-0.39, 0.29) is 35.9 Å². The third-order valence-corrected chi connectivity index (χ3v) is 8.65. The number of benzene rings is 1.